The Morgan fingerprint density at radius 3 is 0.413 bits per heavy atom. The fourth-order valence-corrected chi connectivity index (χ4v) is 7.94. The summed E-state index contributed by atoms with van der Waals surface area (Å²) in [6.45, 7) is 6.81. The van der Waals surface area contributed by atoms with Crippen molar-refractivity contribution in [2.24, 2.45) is 0 Å². The van der Waals surface area contributed by atoms with E-state index in [1.807, 2.05) is 0 Å². The molecule has 0 aliphatic carbocycles. The first-order valence-corrected chi connectivity index (χ1v) is 27.0. The van der Waals surface area contributed by atoms with Gasteiger partial charge >= 0.3 is 87.1 Å². The number of hydrogen-bond acceptors (Lipinski definition) is 3. The van der Waals surface area contributed by atoms with Gasteiger partial charge in [0, 0.05) is 19.3 Å². The Morgan fingerprint density at radius 1 is 0.222 bits per heavy atom. The predicted molar refractivity (Wildman–Crippen MR) is 285 cm³/mol. The van der Waals surface area contributed by atoms with E-state index in [1.54, 1.807) is 0 Å². The molecular weight excluding hydrogens is 818 g/mol. The van der Waals surface area contributed by atoms with Gasteiger partial charge in [-0.15, -0.1) is 0 Å². The van der Waals surface area contributed by atoms with Crippen LogP contribution >= 0.6 is 0 Å². The number of carboxylic acid groups (broad SMARTS) is 3. The van der Waals surface area contributed by atoms with Crippen LogP contribution in [0.1, 0.15) is 338 Å². The summed E-state index contributed by atoms with van der Waals surface area (Å²) in [5.74, 6) is -1.96. The minimum absolute atomic E-state index is 0. The summed E-state index contributed by atoms with van der Waals surface area (Å²) in [7, 11) is 0. The number of hydrogen-bond donors (Lipinski definition) is 3. The van der Waals surface area contributed by atoms with Gasteiger partial charge in [0.1, 0.15) is 0 Å². The number of unbranched alkanes of at least 4 members (excludes halogenated alkanes) is 42. The molecule has 0 fully saturated rings. The predicted octanol–water partition coefficient (Wildman–Crippen LogP) is 18.5. The van der Waals surface area contributed by atoms with Gasteiger partial charge < -0.3 is 23.9 Å². The number of carboxylic acids is 3. The fraction of sp³-hybridized carbons (Fsp3) is 0.944. The molecule has 0 radical (unpaired) electrons. The molecule has 3 N–H and O–H groups in total. The molecule has 0 spiro atoms. The van der Waals surface area contributed by atoms with E-state index in [-0.39, 0.29) is 77.7 Å². The van der Waals surface area contributed by atoms with Crippen LogP contribution in [0.5, 0.6) is 0 Å². The van der Waals surface area contributed by atoms with Crippen LogP contribution in [0.25, 0.3) is 0 Å². The SMILES string of the molecule is CCCCCCCCCCCCCCCCCC(=O)O.CCCCCCCCCCCCCCCCCC(=O)O.CCCCCCCCCCCCCCCCCC(=O)O.[H-].[H-].[H-].[H-].[H-].[H-].[Mg+2].[Mg+2].[Mg+2]. The second-order valence-electron chi connectivity index (χ2n) is 18.3. The smallest absolute Gasteiger partial charge is 1.00 e. The molecule has 372 valence electrons. The number of aliphatic carboxylic acids is 3. The van der Waals surface area contributed by atoms with Crippen molar-refractivity contribution in [2.75, 3.05) is 0 Å². The molecular formula is C54H114Mg3O6. The zero-order valence-electron chi connectivity index (χ0n) is 49.1. The molecule has 0 heterocycles. The molecule has 0 aliphatic rings. The zero-order chi connectivity index (χ0) is 44.7. The third-order valence-corrected chi connectivity index (χ3v) is 12.0. The molecule has 0 aliphatic heterocycles. The van der Waals surface area contributed by atoms with Crippen LogP contribution in [0, 0.1) is 0 Å². The Balaban J connectivity index is -0.0000000663. The molecule has 0 saturated heterocycles. The van der Waals surface area contributed by atoms with Gasteiger partial charge in [0.25, 0.3) is 0 Å². The van der Waals surface area contributed by atoms with E-state index in [1.165, 1.54) is 250 Å². The van der Waals surface area contributed by atoms with Crippen molar-refractivity contribution in [2.45, 2.75) is 329 Å². The van der Waals surface area contributed by atoms with Gasteiger partial charge in [0.15, 0.2) is 0 Å². The molecule has 0 aromatic rings. The Labute approximate surface area is 451 Å². The molecule has 0 aromatic carbocycles. The first kappa shape index (κ1) is 75.2. The van der Waals surface area contributed by atoms with E-state index in [0.29, 0.717) is 19.3 Å². The maximum Gasteiger partial charge on any atom is 2.00 e. The summed E-state index contributed by atoms with van der Waals surface area (Å²) in [6.07, 6.45) is 60.6. The van der Waals surface area contributed by atoms with Gasteiger partial charge in [-0.25, -0.2) is 0 Å². The van der Waals surface area contributed by atoms with Crippen molar-refractivity contribution in [3.63, 3.8) is 0 Å². The van der Waals surface area contributed by atoms with Crippen molar-refractivity contribution in [1.29, 1.82) is 0 Å². The Bertz CT molecular complexity index is 756. The standard InChI is InChI=1S/3C18H36O2.3Mg.6H/c3*1-2-3-4-5-6-7-8-9-10-11-12-13-14-15-16-17-18(19)20;;;;;;;;;/h3*2-17H2,1H3,(H,19,20);;;;;;;;;/q;;;3*+2;6*-1. The summed E-state index contributed by atoms with van der Waals surface area (Å²) < 4.78 is 0. The van der Waals surface area contributed by atoms with E-state index in [4.69, 9.17) is 15.3 Å². The van der Waals surface area contributed by atoms with Gasteiger partial charge in [-0.1, -0.05) is 290 Å². The average Bonchev–Trinajstić information content (AvgIpc) is 3.22. The quantitative estimate of drug-likeness (QED) is 0.0414. The summed E-state index contributed by atoms with van der Waals surface area (Å²) in [5, 5.41) is 25.6. The van der Waals surface area contributed by atoms with Crippen LogP contribution < -0.4 is 0 Å². The van der Waals surface area contributed by atoms with Crippen LogP contribution in [-0.4, -0.2) is 102 Å². The summed E-state index contributed by atoms with van der Waals surface area (Å²) in [4.78, 5) is 31.0. The van der Waals surface area contributed by atoms with Gasteiger partial charge in [0.05, 0.1) is 0 Å². The molecule has 0 saturated carbocycles. The molecule has 9 heteroatoms. The third-order valence-electron chi connectivity index (χ3n) is 12.0. The van der Waals surface area contributed by atoms with E-state index in [9.17, 15) is 14.4 Å². The summed E-state index contributed by atoms with van der Waals surface area (Å²) in [5.41, 5.74) is 0. The normalized spacial score (nSPS) is 10.3. The van der Waals surface area contributed by atoms with Crippen molar-refractivity contribution in [3.8, 4) is 0 Å². The maximum absolute atomic E-state index is 10.3. The molecule has 63 heavy (non-hydrogen) atoms. The van der Waals surface area contributed by atoms with Crippen LogP contribution in [0.4, 0.5) is 0 Å². The third kappa shape index (κ3) is 86.4. The molecule has 0 amide bonds. The van der Waals surface area contributed by atoms with Crippen molar-refractivity contribution >= 4 is 87.1 Å². The Hall–Kier alpha value is 0.709. The summed E-state index contributed by atoms with van der Waals surface area (Å²) >= 11 is 0. The van der Waals surface area contributed by atoms with Crippen LogP contribution in [-0.2, 0) is 14.4 Å². The van der Waals surface area contributed by atoms with Gasteiger partial charge in [-0.05, 0) is 19.3 Å². The largest absolute Gasteiger partial charge is 2.00 e. The Kier molecular flexibility index (Phi) is 85.6. The van der Waals surface area contributed by atoms with E-state index in [0.717, 1.165) is 38.5 Å². The van der Waals surface area contributed by atoms with Crippen molar-refractivity contribution in [1.82, 2.24) is 0 Å². The molecule has 0 bridgehead atoms. The zero-order valence-corrected chi connectivity index (χ0v) is 47.4. The van der Waals surface area contributed by atoms with Gasteiger partial charge in [-0.2, -0.15) is 0 Å². The first-order chi connectivity index (χ1) is 29.3. The fourth-order valence-electron chi connectivity index (χ4n) is 7.94. The Morgan fingerprint density at radius 2 is 0.317 bits per heavy atom. The molecule has 6 nitrogen and oxygen atoms in total. The number of rotatable bonds is 48. The molecule has 0 atom stereocenters. The van der Waals surface area contributed by atoms with Gasteiger partial charge in [0.2, 0.25) is 0 Å². The molecule has 0 unspecified atom stereocenters. The summed E-state index contributed by atoms with van der Waals surface area (Å²) in [6, 6.07) is 0. The second-order valence-corrected chi connectivity index (χ2v) is 18.3. The van der Waals surface area contributed by atoms with Crippen molar-refractivity contribution < 1.29 is 38.3 Å². The second kappa shape index (κ2) is 71.7. The monoisotopic (exact) mass is 931 g/mol. The average molecular weight is 932 g/mol. The molecule has 0 aromatic heterocycles. The van der Waals surface area contributed by atoms with Crippen molar-refractivity contribution in [3.05, 3.63) is 0 Å². The minimum atomic E-state index is -0.653. The van der Waals surface area contributed by atoms with Crippen LogP contribution in [0.15, 0.2) is 0 Å². The number of carbonyl (C=O) groups is 3. The van der Waals surface area contributed by atoms with E-state index < -0.39 is 17.9 Å². The molecule has 0 rings (SSSR count). The van der Waals surface area contributed by atoms with Gasteiger partial charge in [-0.3, -0.25) is 14.4 Å². The van der Waals surface area contributed by atoms with E-state index >= 15 is 0 Å². The van der Waals surface area contributed by atoms with Crippen LogP contribution in [0.3, 0.4) is 0 Å². The maximum atomic E-state index is 10.3. The topological polar surface area (TPSA) is 112 Å². The first-order valence-electron chi connectivity index (χ1n) is 27.0. The van der Waals surface area contributed by atoms with E-state index in [2.05, 4.69) is 20.8 Å². The minimum Gasteiger partial charge on any atom is -1.00 e. The van der Waals surface area contributed by atoms with Crippen LogP contribution in [0.2, 0.25) is 0 Å².